The number of para-hydroxylation sites is 1. The largest absolute Gasteiger partial charge is 0.465 e. The second kappa shape index (κ2) is 14.7. The van der Waals surface area contributed by atoms with E-state index in [1.165, 1.54) is 31.2 Å². The average molecular weight is 696 g/mol. The Morgan fingerprint density at radius 1 is 1.11 bits per heavy atom. The molecule has 0 aliphatic carbocycles. The second-order valence-electron chi connectivity index (χ2n) is 7.19. The molecule has 0 saturated carbocycles. The van der Waals surface area contributed by atoms with Crippen LogP contribution in [0.1, 0.15) is 26.3 Å². The van der Waals surface area contributed by atoms with Gasteiger partial charge in [0.2, 0.25) is 0 Å². The molecule has 4 N–H and O–H groups in total. The van der Waals surface area contributed by atoms with Crippen LogP contribution in [0.3, 0.4) is 0 Å². The summed E-state index contributed by atoms with van der Waals surface area (Å²) in [5.41, 5.74) is 0.145. The number of aromatic hydroxyl groups is 1. The molecule has 2 aromatic rings. The summed E-state index contributed by atoms with van der Waals surface area (Å²) in [5, 5.41) is 22.9. The van der Waals surface area contributed by atoms with Gasteiger partial charge >= 0.3 is 100 Å². The molecular weight excluding hydrogens is 670 g/mol. The standard InChI is InChI=1S/C14H16INO6.C8H10AsNO5/c1-3-21-13(17)11(14(18)22-4-2)7-9-5-6-10(15)8-12(9)16(19)20;1-5(11)10-7-4-2-3-6(8(7)12)9(13,14)15/h5-6,8,11H,3-4,7H2,1-2H3;2-4,12H,1H3,(H,10,11)(H2,13,14,15). The zero-order chi connectivity index (χ0) is 28.3. The number of rotatable bonds is 9. The van der Waals surface area contributed by atoms with E-state index in [0.29, 0.717) is 3.57 Å². The van der Waals surface area contributed by atoms with Crippen molar-refractivity contribution in [1.82, 2.24) is 0 Å². The maximum absolute atomic E-state index is 11.9. The van der Waals surface area contributed by atoms with Crippen LogP contribution in [-0.2, 0) is 34.0 Å². The molecule has 15 heteroatoms. The number of nitrogens with zero attached hydrogens (tertiary/aromatic N) is 1. The van der Waals surface area contributed by atoms with Crippen molar-refractivity contribution >= 4 is 70.3 Å². The van der Waals surface area contributed by atoms with Crippen LogP contribution in [0.25, 0.3) is 0 Å². The second-order valence-corrected chi connectivity index (χ2v) is 11.7. The summed E-state index contributed by atoms with van der Waals surface area (Å²) < 4.78 is 38.8. The van der Waals surface area contributed by atoms with Crippen LogP contribution in [0, 0.1) is 19.6 Å². The Labute approximate surface area is 228 Å². The van der Waals surface area contributed by atoms with E-state index in [0.717, 1.165) is 6.07 Å². The van der Waals surface area contributed by atoms with Gasteiger partial charge in [0.05, 0.1) is 18.1 Å². The third kappa shape index (κ3) is 10.1. The van der Waals surface area contributed by atoms with Gasteiger partial charge in [-0.05, 0) is 42.5 Å². The number of nitro groups is 1. The van der Waals surface area contributed by atoms with Crippen molar-refractivity contribution in [3.8, 4) is 5.75 Å². The average Bonchev–Trinajstić information content (AvgIpc) is 2.79. The van der Waals surface area contributed by atoms with E-state index in [4.69, 9.17) is 17.7 Å². The van der Waals surface area contributed by atoms with Gasteiger partial charge in [-0.25, -0.2) is 0 Å². The quantitative estimate of drug-likeness (QED) is 0.0562. The van der Waals surface area contributed by atoms with Gasteiger partial charge in [0.1, 0.15) is 0 Å². The van der Waals surface area contributed by atoms with E-state index in [-0.39, 0.29) is 36.6 Å². The molecule has 0 saturated heterocycles. The number of phenolic OH excluding ortho intramolecular Hbond substituents is 1. The first kappa shape index (κ1) is 32.1. The van der Waals surface area contributed by atoms with E-state index in [1.807, 2.05) is 22.6 Å². The normalized spacial score (nSPS) is 10.7. The van der Waals surface area contributed by atoms with Crippen molar-refractivity contribution in [1.29, 1.82) is 0 Å². The molecule has 0 radical (unpaired) electrons. The summed E-state index contributed by atoms with van der Waals surface area (Å²) in [7, 11) is 0. The predicted octanol–water partition coefficient (Wildman–Crippen LogP) is 1.40. The minimum Gasteiger partial charge on any atom is -0.465 e. The zero-order valence-electron chi connectivity index (χ0n) is 20.0. The Bertz CT molecular complexity index is 1180. The van der Waals surface area contributed by atoms with Crippen LogP contribution >= 0.6 is 22.6 Å². The number of hydrogen-bond acceptors (Lipinski definition) is 9. The number of hydrogen-bond donors (Lipinski definition) is 4. The number of benzene rings is 2. The summed E-state index contributed by atoms with van der Waals surface area (Å²) >= 11 is -3.19. The third-order valence-corrected chi connectivity index (χ3v) is 7.19. The number of nitro benzene ring substituents is 1. The number of phenols is 1. The number of nitrogens with one attached hydrogen (secondary N) is 1. The molecule has 0 atom stereocenters. The van der Waals surface area contributed by atoms with Crippen LogP contribution in [0.15, 0.2) is 36.4 Å². The van der Waals surface area contributed by atoms with E-state index >= 15 is 0 Å². The molecule has 1 amide bonds. The van der Waals surface area contributed by atoms with Gasteiger partial charge in [-0.15, -0.1) is 0 Å². The fourth-order valence-corrected chi connectivity index (χ4v) is 4.80. The SMILES string of the molecule is CC(=O)Nc1cccc([As](=O)(O)O)c1O.CCOC(=O)C(Cc1ccc(I)cc1[N+](=O)[O-])C(=O)OCC. The molecule has 0 aliphatic rings. The fourth-order valence-electron chi connectivity index (χ4n) is 2.90. The molecule has 0 fully saturated rings. The Morgan fingerprint density at radius 2 is 1.68 bits per heavy atom. The number of halogens is 1. The maximum Gasteiger partial charge on any atom is 0.320 e. The van der Waals surface area contributed by atoms with Crippen molar-refractivity contribution in [2.75, 3.05) is 18.5 Å². The molecule has 0 bridgehead atoms. The maximum atomic E-state index is 11.9. The van der Waals surface area contributed by atoms with Gasteiger partial charge in [-0.3, -0.25) is 19.7 Å². The number of ether oxygens (including phenoxy) is 2. The van der Waals surface area contributed by atoms with Gasteiger partial charge in [0.15, 0.2) is 5.92 Å². The molecule has 0 spiro atoms. The Morgan fingerprint density at radius 3 is 2.14 bits per heavy atom. The molecule has 0 aliphatic heterocycles. The van der Waals surface area contributed by atoms with Crippen molar-refractivity contribution in [2.24, 2.45) is 5.92 Å². The van der Waals surface area contributed by atoms with Crippen molar-refractivity contribution < 1.29 is 45.8 Å². The molecule has 0 unspecified atom stereocenters. The van der Waals surface area contributed by atoms with E-state index < -0.39 is 53.0 Å². The van der Waals surface area contributed by atoms with E-state index in [9.17, 15) is 33.3 Å². The van der Waals surface area contributed by atoms with Crippen LogP contribution in [-0.4, -0.2) is 63.5 Å². The molecule has 202 valence electrons. The van der Waals surface area contributed by atoms with Crippen molar-refractivity contribution in [3.05, 3.63) is 55.6 Å². The van der Waals surface area contributed by atoms with Crippen LogP contribution in [0.2, 0.25) is 0 Å². The first-order valence-electron chi connectivity index (χ1n) is 10.6. The van der Waals surface area contributed by atoms with Crippen LogP contribution in [0.4, 0.5) is 11.4 Å². The van der Waals surface area contributed by atoms with Gasteiger partial charge in [0, 0.05) is 21.6 Å². The monoisotopic (exact) mass is 696 g/mol. The minimum atomic E-state index is -5.15. The Kier molecular flexibility index (Phi) is 12.8. The number of anilines is 1. The Balaban J connectivity index is 0.000000397. The number of carbonyl (C=O) groups excluding carboxylic acids is 3. The fraction of sp³-hybridized carbons (Fsp3) is 0.318. The summed E-state index contributed by atoms with van der Waals surface area (Å²) in [6.45, 7) is 4.70. The first-order chi connectivity index (χ1) is 17.2. The van der Waals surface area contributed by atoms with Crippen molar-refractivity contribution in [2.45, 2.75) is 27.2 Å². The molecule has 0 aromatic heterocycles. The zero-order valence-corrected chi connectivity index (χ0v) is 24.1. The minimum absolute atomic E-state index is 0.00951. The van der Waals surface area contributed by atoms with Crippen molar-refractivity contribution in [3.63, 3.8) is 0 Å². The Hall–Kier alpha value is -2.94. The topological polar surface area (TPSA) is 203 Å². The summed E-state index contributed by atoms with van der Waals surface area (Å²) in [5.74, 6) is -3.71. The summed E-state index contributed by atoms with van der Waals surface area (Å²) in [4.78, 5) is 45.1. The molecule has 2 rings (SSSR count). The number of esters is 2. The molecular formula is C22H26AsIN2O11. The summed E-state index contributed by atoms with van der Waals surface area (Å²) in [6, 6.07) is 8.43. The molecule has 37 heavy (non-hydrogen) atoms. The van der Waals surface area contributed by atoms with Gasteiger partial charge in [-0.2, -0.15) is 0 Å². The summed E-state index contributed by atoms with van der Waals surface area (Å²) in [6.07, 6.45) is -0.134. The number of amides is 1. The predicted molar refractivity (Wildman–Crippen MR) is 139 cm³/mol. The first-order valence-corrected chi connectivity index (χ1v) is 15.1. The smallest absolute Gasteiger partial charge is 0.320 e. The van der Waals surface area contributed by atoms with Gasteiger partial charge in [-0.1, -0.05) is 6.07 Å². The van der Waals surface area contributed by atoms with Crippen LogP contribution < -0.4 is 9.67 Å². The molecule has 0 heterocycles. The number of carbonyl (C=O) groups is 3. The van der Waals surface area contributed by atoms with E-state index in [2.05, 4.69) is 5.32 Å². The third-order valence-electron chi connectivity index (χ3n) is 4.45. The molecule has 2 aromatic carbocycles. The van der Waals surface area contributed by atoms with Gasteiger partial charge in [0.25, 0.3) is 5.69 Å². The molecule has 13 nitrogen and oxygen atoms in total. The van der Waals surface area contributed by atoms with E-state index in [1.54, 1.807) is 19.9 Å². The van der Waals surface area contributed by atoms with Gasteiger partial charge < -0.3 is 9.47 Å². The van der Waals surface area contributed by atoms with Crippen LogP contribution in [0.5, 0.6) is 5.75 Å².